The molecule has 0 aliphatic heterocycles. The van der Waals surface area contributed by atoms with Crippen LogP contribution in [-0.4, -0.2) is 6.18 Å². The first-order valence-corrected chi connectivity index (χ1v) is 7.90. The second-order valence-corrected chi connectivity index (χ2v) is 6.36. The molecule has 1 heterocycles. The van der Waals surface area contributed by atoms with Crippen LogP contribution in [0, 0.1) is 5.92 Å². The van der Waals surface area contributed by atoms with Gasteiger partial charge in [0.2, 0.25) is 5.43 Å². The number of hydrogen-bond donors (Lipinski definition) is 0. The van der Waals surface area contributed by atoms with Gasteiger partial charge in [-0.05, 0) is 41.8 Å². The summed E-state index contributed by atoms with van der Waals surface area (Å²) < 4.78 is 83.6. The highest BCUT2D eigenvalue weighted by atomic mass is 19.4. The van der Waals surface area contributed by atoms with Crippen molar-refractivity contribution in [3.63, 3.8) is 0 Å². The molecule has 0 N–H and O–H groups in total. The molecule has 1 aliphatic carbocycles. The molecule has 27 heavy (non-hydrogen) atoms. The molecular formula is C19H10F6O2. The van der Waals surface area contributed by atoms with Crippen LogP contribution in [0.2, 0.25) is 0 Å². The normalized spacial score (nSPS) is 17.5. The molecule has 0 saturated heterocycles. The number of fused-ring (bicyclic) bond motifs is 4. The molecule has 0 saturated carbocycles. The van der Waals surface area contributed by atoms with E-state index in [-0.39, 0.29) is 27.5 Å². The molecule has 2 nitrogen and oxygen atoms in total. The third-order valence-corrected chi connectivity index (χ3v) is 4.66. The van der Waals surface area contributed by atoms with Crippen LogP contribution < -0.4 is 5.43 Å². The van der Waals surface area contributed by atoms with Crippen molar-refractivity contribution in [2.45, 2.75) is 18.8 Å². The number of rotatable bonds is 0. The van der Waals surface area contributed by atoms with E-state index in [2.05, 4.69) is 0 Å². The molecule has 0 radical (unpaired) electrons. The molecule has 0 fully saturated rings. The molecule has 0 bridgehead atoms. The van der Waals surface area contributed by atoms with Crippen molar-refractivity contribution in [2.75, 3.05) is 0 Å². The zero-order valence-electron chi connectivity index (χ0n) is 13.4. The van der Waals surface area contributed by atoms with Crippen LogP contribution in [0.15, 0.2) is 45.6 Å². The van der Waals surface area contributed by atoms with E-state index in [4.69, 9.17) is 4.42 Å². The van der Waals surface area contributed by atoms with Gasteiger partial charge in [-0.3, -0.25) is 4.79 Å². The summed E-state index contributed by atoms with van der Waals surface area (Å²) in [6, 6.07) is 5.46. The van der Waals surface area contributed by atoms with Gasteiger partial charge in [-0.1, -0.05) is 18.2 Å². The number of hydrogen-bond acceptors (Lipinski definition) is 2. The van der Waals surface area contributed by atoms with Crippen LogP contribution in [0.5, 0.6) is 0 Å². The Hall–Kier alpha value is -2.77. The van der Waals surface area contributed by atoms with E-state index in [1.165, 1.54) is 18.2 Å². The number of benzene rings is 2. The van der Waals surface area contributed by atoms with Crippen molar-refractivity contribution < 1.29 is 30.8 Å². The highest BCUT2D eigenvalue weighted by Crippen LogP contribution is 2.38. The first-order valence-electron chi connectivity index (χ1n) is 7.90. The van der Waals surface area contributed by atoms with E-state index < -0.39 is 35.7 Å². The predicted molar refractivity (Wildman–Crippen MR) is 87.3 cm³/mol. The maximum atomic E-state index is 13.1. The molecular weight excluding hydrogens is 374 g/mol. The minimum atomic E-state index is -4.66. The predicted octanol–water partition coefficient (Wildman–Crippen LogP) is 5.71. The van der Waals surface area contributed by atoms with Crippen molar-refractivity contribution in [1.82, 2.24) is 0 Å². The lowest BCUT2D eigenvalue weighted by Crippen LogP contribution is -2.25. The third kappa shape index (κ3) is 2.89. The van der Waals surface area contributed by atoms with Crippen molar-refractivity contribution >= 4 is 28.0 Å². The number of halogens is 6. The Kier molecular flexibility index (Phi) is 3.66. The van der Waals surface area contributed by atoms with Crippen molar-refractivity contribution in [2.24, 2.45) is 5.92 Å². The van der Waals surface area contributed by atoms with Crippen LogP contribution in [-0.2, 0) is 12.6 Å². The van der Waals surface area contributed by atoms with Gasteiger partial charge in [-0.15, -0.1) is 0 Å². The summed E-state index contributed by atoms with van der Waals surface area (Å²) in [5.74, 6) is -1.77. The zero-order chi connectivity index (χ0) is 19.6. The Morgan fingerprint density at radius 2 is 1.67 bits per heavy atom. The van der Waals surface area contributed by atoms with Crippen molar-refractivity contribution in [1.29, 1.82) is 0 Å². The Labute approximate surface area is 147 Å². The minimum Gasteiger partial charge on any atom is -0.456 e. The molecule has 1 aliphatic rings. The largest absolute Gasteiger partial charge is 0.456 e. The van der Waals surface area contributed by atoms with Crippen molar-refractivity contribution in [3.05, 3.63) is 63.3 Å². The molecule has 1 aromatic heterocycles. The van der Waals surface area contributed by atoms with Crippen LogP contribution in [0.3, 0.4) is 0 Å². The molecule has 8 heteroatoms. The summed E-state index contributed by atoms with van der Waals surface area (Å²) in [4.78, 5) is 12.9. The van der Waals surface area contributed by atoms with E-state index in [1.54, 1.807) is 0 Å². The monoisotopic (exact) mass is 384 g/mol. The molecule has 0 amide bonds. The van der Waals surface area contributed by atoms with E-state index in [0.29, 0.717) is 11.6 Å². The fourth-order valence-corrected chi connectivity index (χ4v) is 3.31. The fraction of sp³-hybridized carbons (Fsp3) is 0.211. The van der Waals surface area contributed by atoms with E-state index in [0.717, 1.165) is 18.2 Å². The van der Waals surface area contributed by atoms with Crippen LogP contribution in [0.25, 0.3) is 28.0 Å². The van der Waals surface area contributed by atoms with Gasteiger partial charge in [-0.2, -0.15) is 26.3 Å². The Balaban J connectivity index is 2.02. The molecule has 4 rings (SSSR count). The lowest BCUT2D eigenvalue weighted by atomic mass is 9.86. The third-order valence-electron chi connectivity index (χ3n) is 4.66. The number of alkyl halides is 6. The molecule has 1 unspecified atom stereocenters. The van der Waals surface area contributed by atoms with Gasteiger partial charge < -0.3 is 4.42 Å². The lowest BCUT2D eigenvalue weighted by Gasteiger charge is -2.22. The van der Waals surface area contributed by atoms with Crippen molar-refractivity contribution in [3.8, 4) is 0 Å². The van der Waals surface area contributed by atoms with Crippen LogP contribution in [0.1, 0.15) is 16.7 Å². The van der Waals surface area contributed by atoms with Gasteiger partial charge >= 0.3 is 12.4 Å². The molecule has 1 atom stereocenters. The van der Waals surface area contributed by atoms with Gasteiger partial charge in [0.05, 0.1) is 22.3 Å². The Morgan fingerprint density at radius 3 is 2.33 bits per heavy atom. The molecule has 140 valence electrons. The van der Waals surface area contributed by atoms with E-state index >= 15 is 0 Å². The maximum absolute atomic E-state index is 13.1. The molecule has 0 spiro atoms. The fourth-order valence-electron chi connectivity index (χ4n) is 3.31. The Morgan fingerprint density at radius 1 is 0.963 bits per heavy atom. The maximum Gasteiger partial charge on any atom is 0.416 e. The SMILES string of the molecule is O=c1c2cc(C(F)(F)F)ccc2oc2ccc3c(c12)CC(C(F)(F)F)C=C3. The van der Waals surface area contributed by atoms with Gasteiger partial charge in [0.15, 0.2) is 0 Å². The smallest absolute Gasteiger partial charge is 0.416 e. The van der Waals surface area contributed by atoms with Gasteiger partial charge in [0.25, 0.3) is 0 Å². The van der Waals surface area contributed by atoms with Gasteiger partial charge in [0.1, 0.15) is 11.2 Å². The lowest BCUT2D eigenvalue weighted by molar-refractivity contribution is -0.160. The van der Waals surface area contributed by atoms with Crippen LogP contribution >= 0.6 is 0 Å². The highest BCUT2D eigenvalue weighted by molar-refractivity contribution is 5.93. The van der Waals surface area contributed by atoms with Gasteiger partial charge in [-0.25, -0.2) is 0 Å². The van der Waals surface area contributed by atoms with E-state index in [9.17, 15) is 31.1 Å². The standard InChI is InChI=1S/C19H10F6O2/c20-18(21,22)10-3-1-9-2-5-15-16(12(9)7-10)17(26)13-8-11(19(23,24)25)4-6-14(13)27-15/h1-6,8,10H,7H2. The summed E-state index contributed by atoms with van der Waals surface area (Å²) in [6.45, 7) is 0. The topological polar surface area (TPSA) is 30.2 Å². The first kappa shape index (κ1) is 17.6. The summed E-state index contributed by atoms with van der Waals surface area (Å²) in [6.07, 6.45) is -7.33. The summed E-state index contributed by atoms with van der Waals surface area (Å²) in [7, 11) is 0. The van der Waals surface area contributed by atoms with E-state index in [1.807, 2.05) is 0 Å². The quantitative estimate of drug-likeness (QED) is 0.367. The Bertz CT molecular complexity index is 1150. The second-order valence-electron chi connectivity index (χ2n) is 6.36. The second kappa shape index (κ2) is 5.61. The highest BCUT2D eigenvalue weighted by Gasteiger charge is 2.40. The average Bonchev–Trinajstić information content (AvgIpc) is 2.59. The summed E-state index contributed by atoms with van der Waals surface area (Å²) in [5.41, 5.74) is -1.27. The van der Waals surface area contributed by atoms with Crippen LogP contribution in [0.4, 0.5) is 26.3 Å². The van der Waals surface area contributed by atoms with Gasteiger partial charge in [0, 0.05) is 0 Å². The summed E-state index contributed by atoms with van der Waals surface area (Å²) >= 11 is 0. The molecule has 2 aromatic carbocycles. The summed E-state index contributed by atoms with van der Waals surface area (Å²) in [5, 5.41) is -0.429. The first-order chi connectivity index (χ1) is 12.6. The number of allylic oxidation sites excluding steroid dienone is 1. The minimum absolute atomic E-state index is 0.0437. The average molecular weight is 384 g/mol. The molecule has 3 aromatic rings. The zero-order valence-corrected chi connectivity index (χ0v) is 13.4.